The molecule has 1 aliphatic rings. The molecule has 1 aliphatic heterocycles. The summed E-state index contributed by atoms with van der Waals surface area (Å²) in [5.41, 5.74) is -1.36. The lowest BCUT2D eigenvalue weighted by Gasteiger charge is -2.25. The van der Waals surface area contributed by atoms with Gasteiger partial charge < -0.3 is 19.9 Å². The van der Waals surface area contributed by atoms with E-state index in [4.69, 9.17) is 9.47 Å². The van der Waals surface area contributed by atoms with Crippen molar-refractivity contribution < 1.29 is 24.2 Å². The van der Waals surface area contributed by atoms with Crippen LogP contribution in [0.1, 0.15) is 13.3 Å². The van der Waals surface area contributed by atoms with Crippen LogP contribution in [0, 0.1) is 0 Å². The molecule has 0 bridgehead atoms. The van der Waals surface area contributed by atoms with Gasteiger partial charge in [-0.2, -0.15) is 0 Å². The fourth-order valence-corrected chi connectivity index (χ4v) is 2.40. The fraction of sp³-hybridized carbons (Fsp3) is 0.429. The Bertz CT molecular complexity index is 542. The standard InChI is InChI=1S/C14H16BrNO5/c1-9(21-11-4-2-3-10(15)7-11)12(17)16-14(13(18)19)5-6-20-8-14/h2-4,7,9H,5-6,8H2,1H3,(H,16,17)(H,18,19). The van der Waals surface area contributed by atoms with Gasteiger partial charge in [0.2, 0.25) is 0 Å². The number of rotatable bonds is 5. The van der Waals surface area contributed by atoms with Crippen LogP contribution in [0.15, 0.2) is 28.7 Å². The Kier molecular flexibility index (Phi) is 4.84. The van der Waals surface area contributed by atoms with Crippen LogP contribution >= 0.6 is 15.9 Å². The first-order valence-electron chi connectivity index (χ1n) is 6.48. The lowest BCUT2D eigenvalue weighted by Crippen LogP contribution is -2.57. The van der Waals surface area contributed by atoms with Crippen molar-refractivity contribution in [3.05, 3.63) is 28.7 Å². The molecule has 2 atom stereocenters. The second-order valence-electron chi connectivity index (χ2n) is 4.90. The number of benzene rings is 1. The van der Waals surface area contributed by atoms with Gasteiger partial charge in [-0.25, -0.2) is 4.79 Å². The number of carbonyl (C=O) groups is 2. The van der Waals surface area contributed by atoms with Crippen LogP contribution in [0.2, 0.25) is 0 Å². The van der Waals surface area contributed by atoms with Gasteiger partial charge in [-0.1, -0.05) is 22.0 Å². The van der Waals surface area contributed by atoms with Gasteiger partial charge in [0.05, 0.1) is 6.61 Å². The highest BCUT2D eigenvalue weighted by atomic mass is 79.9. The number of hydrogen-bond donors (Lipinski definition) is 2. The van der Waals surface area contributed by atoms with E-state index < -0.39 is 23.5 Å². The summed E-state index contributed by atoms with van der Waals surface area (Å²) in [4.78, 5) is 23.5. The van der Waals surface area contributed by atoms with E-state index in [2.05, 4.69) is 21.2 Å². The van der Waals surface area contributed by atoms with E-state index in [1.54, 1.807) is 25.1 Å². The summed E-state index contributed by atoms with van der Waals surface area (Å²) in [5, 5.41) is 11.8. The zero-order chi connectivity index (χ0) is 15.5. The summed E-state index contributed by atoms with van der Waals surface area (Å²) in [5.74, 6) is -1.05. The Morgan fingerprint density at radius 2 is 2.29 bits per heavy atom. The van der Waals surface area contributed by atoms with Gasteiger partial charge in [0.25, 0.3) is 5.91 Å². The molecule has 1 aromatic carbocycles. The molecule has 1 saturated heterocycles. The summed E-state index contributed by atoms with van der Waals surface area (Å²) >= 11 is 3.31. The largest absolute Gasteiger partial charge is 0.481 e. The molecular formula is C14H16BrNO5. The maximum atomic E-state index is 12.1. The maximum absolute atomic E-state index is 12.1. The van der Waals surface area contributed by atoms with E-state index in [9.17, 15) is 14.7 Å². The second kappa shape index (κ2) is 6.44. The minimum atomic E-state index is -1.36. The van der Waals surface area contributed by atoms with Crippen LogP contribution < -0.4 is 10.1 Å². The average molecular weight is 358 g/mol. The Hall–Kier alpha value is -1.60. The van der Waals surface area contributed by atoms with Gasteiger partial charge in [-0.05, 0) is 25.1 Å². The number of ether oxygens (including phenoxy) is 2. The van der Waals surface area contributed by atoms with Gasteiger partial charge in [-0.15, -0.1) is 0 Å². The van der Waals surface area contributed by atoms with E-state index >= 15 is 0 Å². The van der Waals surface area contributed by atoms with Gasteiger partial charge in [-0.3, -0.25) is 4.79 Å². The summed E-state index contributed by atoms with van der Waals surface area (Å²) in [6.45, 7) is 1.85. The summed E-state index contributed by atoms with van der Waals surface area (Å²) in [6.07, 6.45) is -0.561. The van der Waals surface area contributed by atoms with Crippen molar-refractivity contribution in [2.24, 2.45) is 0 Å². The molecule has 1 aromatic rings. The molecule has 1 fully saturated rings. The summed E-state index contributed by atoms with van der Waals surface area (Å²) in [6, 6.07) is 7.08. The third-order valence-corrected chi connectivity index (χ3v) is 3.76. The molecular weight excluding hydrogens is 342 g/mol. The quantitative estimate of drug-likeness (QED) is 0.835. The Morgan fingerprint density at radius 3 is 2.86 bits per heavy atom. The molecule has 2 N–H and O–H groups in total. The van der Waals surface area contributed by atoms with Crippen molar-refractivity contribution >= 4 is 27.8 Å². The van der Waals surface area contributed by atoms with Crippen molar-refractivity contribution in [1.29, 1.82) is 0 Å². The monoisotopic (exact) mass is 357 g/mol. The molecule has 0 aliphatic carbocycles. The molecule has 21 heavy (non-hydrogen) atoms. The minimum absolute atomic E-state index is 0.0301. The van der Waals surface area contributed by atoms with E-state index in [1.807, 2.05) is 6.07 Å². The minimum Gasteiger partial charge on any atom is -0.481 e. The lowest BCUT2D eigenvalue weighted by molar-refractivity contribution is -0.148. The number of nitrogens with one attached hydrogen (secondary N) is 1. The third-order valence-electron chi connectivity index (χ3n) is 3.27. The zero-order valence-corrected chi connectivity index (χ0v) is 13.1. The van der Waals surface area contributed by atoms with Crippen LogP contribution in [0.25, 0.3) is 0 Å². The topological polar surface area (TPSA) is 84.9 Å². The molecule has 0 saturated carbocycles. The Morgan fingerprint density at radius 1 is 1.52 bits per heavy atom. The van der Waals surface area contributed by atoms with Gasteiger partial charge in [0.15, 0.2) is 11.6 Å². The van der Waals surface area contributed by atoms with Crippen molar-refractivity contribution in [1.82, 2.24) is 5.32 Å². The smallest absolute Gasteiger partial charge is 0.331 e. The van der Waals surface area contributed by atoms with Gasteiger partial charge in [0.1, 0.15) is 5.75 Å². The van der Waals surface area contributed by atoms with Crippen LogP contribution in [-0.2, 0) is 14.3 Å². The second-order valence-corrected chi connectivity index (χ2v) is 5.81. The molecule has 7 heteroatoms. The molecule has 0 radical (unpaired) electrons. The summed E-state index contributed by atoms with van der Waals surface area (Å²) < 4.78 is 11.4. The molecule has 114 valence electrons. The molecule has 1 amide bonds. The van der Waals surface area contributed by atoms with E-state index in [0.717, 1.165) is 4.47 Å². The molecule has 2 unspecified atom stereocenters. The van der Waals surface area contributed by atoms with Crippen molar-refractivity contribution in [2.45, 2.75) is 25.0 Å². The zero-order valence-electron chi connectivity index (χ0n) is 11.5. The number of carbonyl (C=O) groups excluding carboxylic acids is 1. The van der Waals surface area contributed by atoms with Crippen LogP contribution in [0.3, 0.4) is 0 Å². The summed E-state index contributed by atoms with van der Waals surface area (Å²) in [7, 11) is 0. The average Bonchev–Trinajstić information content (AvgIpc) is 2.88. The number of aliphatic carboxylic acids is 1. The Balaban J connectivity index is 2.01. The Labute approximate surface area is 130 Å². The highest BCUT2D eigenvalue weighted by Crippen LogP contribution is 2.21. The van der Waals surface area contributed by atoms with E-state index in [0.29, 0.717) is 12.4 Å². The number of amides is 1. The predicted molar refractivity (Wildman–Crippen MR) is 78.2 cm³/mol. The van der Waals surface area contributed by atoms with Gasteiger partial charge >= 0.3 is 5.97 Å². The molecule has 0 spiro atoms. The predicted octanol–water partition coefficient (Wildman–Crippen LogP) is 1.58. The highest BCUT2D eigenvalue weighted by Gasteiger charge is 2.44. The van der Waals surface area contributed by atoms with Crippen molar-refractivity contribution in [3.63, 3.8) is 0 Å². The van der Waals surface area contributed by atoms with Crippen molar-refractivity contribution in [3.8, 4) is 5.75 Å². The highest BCUT2D eigenvalue weighted by molar-refractivity contribution is 9.10. The molecule has 0 aromatic heterocycles. The SMILES string of the molecule is CC(Oc1cccc(Br)c1)C(=O)NC1(C(=O)O)CCOC1. The first-order valence-corrected chi connectivity index (χ1v) is 7.28. The first-order chi connectivity index (χ1) is 9.93. The number of halogens is 1. The molecule has 2 rings (SSSR count). The number of hydrogen-bond acceptors (Lipinski definition) is 4. The van der Waals surface area contributed by atoms with E-state index in [-0.39, 0.29) is 13.0 Å². The van der Waals surface area contributed by atoms with Crippen molar-refractivity contribution in [2.75, 3.05) is 13.2 Å². The van der Waals surface area contributed by atoms with E-state index in [1.165, 1.54) is 0 Å². The number of carboxylic acids is 1. The third kappa shape index (κ3) is 3.74. The maximum Gasteiger partial charge on any atom is 0.331 e. The normalized spacial score (nSPS) is 22.6. The van der Waals surface area contributed by atoms with Gasteiger partial charge in [0, 0.05) is 17.5 Å². The van der Waals surface area contributed by atoms with Crippen LogP contribution in [0.4, 0.5) is 0 Å². The van der Waals surface area contributed by atoms with Crippen LogP contribution in [0.5, 0.6) is 5.75 Å². The van der Waals surface area contributed by atoms with Crippen LogP contribution in [-0.4, -0.2) is 41.8 Å². The molecule has 1 heterocycles. The fourth-order valence-electron chi connectivity index (χ4n) is 2.02. The molecule has 6 nitrogen and oxygen atoms in total. The lowest BCUT2D eigenvalue weighted by atomic mass is 9.98. The number of carboxylic acid groups (broad SMARTS) is 1. The first kappa shape index (κ1) is 15.8.